The van der Waals surface area contributed by atoms with Crippen LogP contribution in [0.15, 0.2) is 170 Å². The molecule has 0 saturated heterocycles. The topological polar surface area (TPSA) is 61.4 Å². The zero-order valence-electron chi connectivity index (χ0n) is 30.3. The number of benzene rings is 6. The van der Waals surface area contributed by atoms with E-state index in [0.717, 1.165) is 55.4 Å². The van der Waals surface area contributed by atoms with Crippen molar-refractivity contribution in [1.82, 2.24) is 29.1 Å². The number of fused-ring (bicyclic) bond motifs is 9. The molecule has 55 heavy (non-hydrogen) atoms. The highest BCUT2D eigenvalue weighted by Gasteiger charge is 2.41. The molecule has 260 valence electrons. The second-order valence-corrected chi connectivity index (χ2v) is 14.7. The minimum atomic E-state index is -0.227. The lowest BCUT2D eigenvalue weighted by atomic mass is 9.81. The predicted molar refractivity (Wildman–Crippen MR) is 223 cm³/mol. The van der Waals surface area contributed by atoms with Crippen molar-refractivity contribution >= 4 is 32.7 Å². The molecule has 0 atom stereocenters. The van der Waals surface area contributed by atoms with Gasteiger partial charge in [0.05, 0.1) is 27.9 Å². The highest BCUT2D eigenvalue weighted by Crippen LogP contribution is 2.55. The number of nitrogens with zero attached hydrogens (tertiary/aromatic N) is 6. The predicted octanol–water partition coefficient (Wildman–Crippen LogP) is 11.6. The minimum absolute atomic E-state index is 0.227. The number of para-hydroxylation sites is 1. The van der Waals surface area contributed by atoms with Gasteiger partial charge in [0.15, 0.2) is 11.6 Å². The maximum atomic E-state index is 5.31. The summed E-state index contributed by atoms with van der Waals surface area (Å²) in [7, 11) is 0. The van der Waals surface area contributed by atoms with Gasteiger partial charge in [-0.2, -0.15) is 9.97 Å². The molecule has 0 radical (unpaired) electrons. The van der Waals surface area contributed by atoms with Crippen LogP contribution in [0.3, 0.4) is 0 Å². The quantitative estimate of drug-likeness (QED) is 0.179. The molecular formula is C49H34N6. The van der Waals surface area contributed by atoms with Gasteiger partial charge in [0.2, 0.25) is 5.95 Å². The zero-order valence-corrected chi connectivity index (χ0v) is 30.3. The standard InChI is InChI=1S/C49H34N6/c1-49(2)39-23-13-12-22-36(39)43-42(49)37-27-26-35-38-30-33(40-24-14-15-29-50-40)25-28-41(38)55(44(35)45(37)54(43)34-20-10-5-11-21-34)48-52-46(31-16-6-3-7-17-31)51-47(53-48)32-18-8-4-9-19-32/h3-30H,1-2H3. The number of pyridine rings is 1. The summed E-state index contributed by atoms with van der Waals surface area (Å²) in [5.74, 6) is 1.80. The summed E-state index contributed by atoms with van der Waals surface area (Å²) in [6.45, 7) is 4.71. The summed E-state index contributed by atoms with van der Waals surface area (Å²) in [5, 5.41) is 3.42. The van der Waals surface area contributed by atoms with Gasteiger partial charge in [0.25, 0.3) is 0 Å². The summed E-state index contributed by atoms with van der Waals surface area (Å²) < 4.78 is 4.75. The van der Waals surface area contributed by atoms with Gasteiger partial charge in [-0.15, -0.1) is 0 Å². The van der Waals surface area contributed by atoms with Crippen molar-refractivity contribution in [3.8, 4) is 56.9 Å². The number of aromatic nitrogens is 6. The molecular weight excluding hydrogens is 673 g/mol. The van der Waals surface area contributed by atoms with Crippen molar-refractivity contribution in [3.05, 3.63) is 181 Å². The van der Waals surface area contributed by atoms with Crippen LogP contribution in [0.25, 0.3) is 89.6 Å². The fourth-order valence-corrected chi connectivity index (χ4v) is 8.76. The lowest BCUT2D eigenvalue weighted by Gasteiger charge is -2.21. The molecule has 0 spiro atoms. The molecule has 6 nitrogen and oxygen atoms in total. The minimum Gasteiger partial charge on any atom is -0.307 e. The Labute approximate surface area is 318 Å². The van der Waals surface area contributed by atoms with Crippen LogP contribution in [0.4, 0.5) is 0 Å². The average Bonchev–Trinajstić information content (AvgIpc) is 3.86. The maximum absolute atomic E-state index is 5.31. The normalized spacial score (nSPS) is 13.1. The molecule has 6 heteroatoms. The molecule has 0 bridgehead atoms. The molecule has 4 heterocycles. The monoisotopic (exact) mass is 706 g/mol. The van der Waals surface area contributed by atoms with E-state index in [-0.39, 0.29) is 5.41 Å². The van der Waals surface area contributed by atoms with Gasteiger partial charge in [-0.1, -0.05) is 141 Å². The Hall–Kier alpha value is -7.18. The van der Waals surface area contributed by atoms with Crippen molar-refractivity contribution < 1.29 is 0 Å². The zero-order chi connectivity index (χ0) is 36.7. The Bertz CT molecular complexity index is 3030. The Morgan fingerprint density at radius 3 is 1.80 bits per heavy atom. The molecule has 1 aliphatic carbocycles. The first-order valence-corrected chi connectivity index (χ1v) is 18.7. The van der Waals surface area contributed by atoms with Crippen LogP contribution in [-0.4, -0.2) is 29.1 Å². The highest BCUT2D eigenvalue weighted by molar-refractivity contribution is 6.20. The fraction of sp³-hybridized carbons (Fsp3) is 0.0612. The smallest absolute Gasteiger partial charge is 0.238 e. The number of hydrogen-bond acceptors (Lipinski definition) is 4. The van der Waals surface area contributed by atoms with Gasteiger partial charge < -0.3 is 4.57 Å². The van der Waals surface area contributed by atoms with E-state index >= 15 is 0 Å². The van der Waals surface area contributed by atoms with Gasteiger partial charge in [-0.25, -0.2) is 4.98 Å². The first-order valence-electron chi connectivity index (χ1n) is 18.7. The van der Waals surface area contributed by atoms with E-state index in [1.54, 1.807) is 0 Å². The van der Waals surface area contributed by atoms with Gasteiger partial charge in [-0.3, -0.25) is 9.55 Å². The third-order valence-electron chi connectivity index (χ3n) is 11.2. The Morgan fingerprint density at radius 2 is 1.11 bits per heavy atom. The summed E-state index contributed by atoms with van der Waals surface area (Å²) in [5.41, 5.74) is 13.0. The molecule has 0 fully saturated rings. The molecule has 0 N–H and O–H groups in total. The summed E-state index contributed by atoms with van der Waals surface area (Å²) >= 11 is 0. The largest absolute Gasteiger partial charge is 0.307 e. The van der Waals surface area contributed by atoms with Crippen LogP contribution in [0.5, 0.6) is 0 Å². The van der Waals surface area contributed by atoms with Crippen molar-refractivity contribution in [3.63, 3.8) is 0 Å². The number of rotatable bonds is 5. The summed E-state index contributed by atoms with van der Waals surface area (Å²) in [6.07, 6.45) is 1.85. The Kier molecular flexibility index (Phi) is 6.79. The van der Waals surface area contributed by atoms with E-state index in [0.29, 0.717) is 17.6 Å². The molecule has 0 amide bonds. The molecule has 4 aromatic heterocycles. The average molecular weight is 707 g/mol. The van der Waals surface area contributed by atoms with Crippen molar-refractivity contribution in [2.24, 2.45) is 0 Å². The van der Waals surface area contributed by atoms with Crippen LogP contribution < -0.4 is 0 Å². The van der Waals surface area contributed by atoms with Gasteiger partial charge in [0.1, 0.15) is 0 Å². The molecule has 0 saturated carbocycles. The second-order valence-electron chi connectivity index (χ2n) is 14.7. The third kappa shape index (κ3) is 4.68. The SMILES string of the molecule is CC1(C)c2ccccc2-c2c1c1ccc3c4cc(-c5ccccn5)ccc4n(-c4nc(-c5ccccc5)nc(-c5ccccc5)n4)c3c1n2-c1ccccc1. The van der Waals surface area contributed by atoms with Gasteiger partial charge in [0, 0.05) is 55.7 Å². The molecule has 0 aliphatic heterocycles. The third-order valence-corrected chi connectivity index (χ3v) is 11.2. The Balaban J connectivity index is 1.34. The first kappa shape index (κ1) is 31.4. The van der Waals surface area contributed by atoms with E-state index < -0.39 is 0 Å². The first-order chi connectivity index (χ1) is 27.1. The van der Waals surface area contributed by atoms with Crippen LogP contribution in [-0.2, 0) is 5.41 Å². The molecule has 6 aromatic carbocycles. The summed E-state index contributed by atoms with van der Waals surface area (Å²) in [4.78, 5) is 20.4. The van der Waals surface area contributed by atoms with Crippen molar-refractivity contribution in [1.29, 1.82) is 0 Å². The van der Waals surface area contributed by atoms with E-state index in [2.05, 4.69) is 138 Å². The van der Waals surface area contributed by atoms with Crippen LogP contribution in [0, 0.1) is 0 Å². The molecule has 11 rings (SSSR count). The van der Waals surface area contributed by atoms with Crippen LogP contribution in [0.2, 0.25) is 0 Å². The van der Waals surface area contributed by atoms with Crippen LogP contribution >= 0.6 is 0 Å². The Morgan fingerprint density at radius 1 is 0.491 bits per heavy atom. The molecule has 10 aromatic rings. The lowest BCUT2D eigenvalue weighted by molar-refractivity contribution is 0.666. The van der Waals surface area contributed by atoms with E-state index in [1.807, 2.05) is 54.7 Å². The highest BCUT2D eigenvalue weighted by atomic mass is 15.2. The second kappa shape index (κ2) is 11.9. The van der Waals surface area contributed by atoms with Gasteiger partial charge in [-0.05, 0) is 47.5 Å². The van der Waals surface area contributed by atoms with E-state index in [4.69, 9.17) is 19.9 Å². The summed E-state index contributed by atoms with van der Waals surface area (Å²) in [6, 6.07) is 57.3. The van der Waals surface area contributed by atoms with Gasteiger partial charge >= 0.3 is 0 Å². The van der Waals surface area contributed by atoms with E-state index in [1.165, 1.54) is 27.8 Å². The lowest BCUT2D eigenvalue weighted by Crippen LogP contribution is -2.14. The fourth-order valence-electron chi connectivity index (χ4n) is 8.76. The van der Waals surface area contributed by atoms with Crippen LogP contribution in [0.1, 0.15) is 25.0 Å². The number of hydrogen-bond donors (Lipinski definition) is 0. The molecule has 1 aliphatic rings. The molecule has 0 unspecified atom stereocenters. The maximum Gasteiger partial charge on any atom is 0.238 e. The van der Waals surface area contributed by atoms with Crippen molar-refractivity contribution in [2.45, 2.75) is 19.3 Å². The van der Waals surface area contributed by atoms with Crippen molar-refractivity contribution in [2.75, 3.05) is 0 Å². The van der Waals surface area contributed by atoms with E-state index in [9.17, 15) is 0 Å².